The van der Waals surface area contributed by atoms with Crippen molar-refractivity contribution < 1.29 is 23.9 Å². The molecule has 2 aliphatic rings. The van der Waals surface area contributed by atoms with Crippen LogP contribution < -0.4 is 14.8 Å². The quantitative estimate of drug-likeness (QED) is 0.654. The number of halogens is 2. The largest absolute Gasteiger partial charge is 0.485 e. The molecule has 2 aliphatic heterocycles. The van der Waals surface area contributed by atoms with Gasteiger partial charge in [-0.3, -0.25) is 19.3 Å². The van der Waals surface area contributed by atoms with Gasteiger partial charge >= 0.3 is 0 Å². The highest BCUT2D eigenvalue weighted by molar-refractivity contribution is 8.18. The zero-order chi connectivity index (χ0) is 22.0. The van der Waals surface area contributed by atoms with Gasteiger partial charge in [-0.25, -0.2) is 0 Å². The first-order valence-electron chi connectivity index (χ1n) is 9.29. The highest BCUT2D eigenvalue weighted by atomic mass is 35.5. The van der Waals surface area contributed by atoms with E-state index in [0.29, 0.717) is 27.1 Å². The minimum atomic E-state index is -0.810. The number of hydrogen-bond acceptors (Lipinski definition) is 6. The molecule has 0 bridgehead atoms. The predicted molar refractivity (Wildman–Crippen MR) is 119 cm³/mol. The number of nitrogens with zero attached hydrogens (tertiary/aromatic N) is 1. The smallest absolute Gasteiger partial charge is 0.293 e. The number of imide groups is 1. The number of carbonyl (C=O) groups is 3. The molecule has 4 rings (SSSR count). The summed E-state index contributed by atoms with van der Waals surface area (Å²) in [6.07, 6.45) is 0.720. The Hall–Kier alpha value is -2.68. The summed E-state index contributed by atoms with van der Waals surface area (Å²) in [4.78, 5) is 38.6. The van der Waals surface area contributed by atoms with Crippen LogP contribution in [0.5, 0.6) is 11.5 Å². The summed E-state index contributed by atoms with van der Waals surface area (Å²) in [5.74, 6) is 0.231. The topological polar surface area (TPSA) is 84.9 Å². The van der Waals surface area contributed by atoms with Gasteiger partial charge in [0, 0.05) is 13.1 Å². The number of para-hydroxylation sites is 2. The van der Waals surface area contributed by atoms with Crippen LogP contribution in [0, 0.1) is 0 Å². The zero-order valence-electron chi connectivity index (χ0n) is 16.0. The lowest BCUT2D eigenvalue weighted by atomic mass is 10.2. The first kappa shape index (κ1) is 21.5. The molecule has 0 spiro atoms. The zero-order valence-corrected chi connectivity index (χ0v) is 18.3. The van der Waals surface area contributed by atoms with Crippen LogP contribution in [-0.4, -0.2) is 47.8 Å². The minimum absolute atomic E-state index is 0.0290. The molecule has 7 nitrogen and oxygen atoms in total. The fraction of sp³-hybridized carbons (Fsp3) is 0.190. The third-order valence-corrected chi connectivity index (χ3v) is 6.32. The number of nitrogens with one attached hydrogen (secondary N) is 1. The van der Waals surface area contributed by atoms with E-state index < -0.39 is 17.3 Å². The second kappa shape index (κ2) is 9.21. The van der Waals surface area contributed by atoms with Gasteiger partial charge in [-0.2, -0.15) is 0 Å². The van der Waals surface area contributed by atoms with Crippen molar-refractivity contribution in [3.05, 3.63) is 63.0 Å². The van der Waals surface area contributed by atoms with Gasteiger partial charge in [0.2, 0.25) is 6.10 Å². The summed E-state index contributed by atoms with van der Waals surface area (Å²) in [5.41, 5.74) is 0.544. The third-order valence-electron chi connectivity index (χ3n) is 4.58. The first-order chi connectivity index (χ1) is 14.9. The Morgan fingerprint density at radius 1 is 1.16 bits per heavy atom. The van der Waals surface area contributed by atoms with Gasteiger partial charge in [-0.15, -0.1) is 0 Å². The average molecular weight is 479 g/mol. The molecular formula is C21H16Cl2N2O5S. The normalized spacial score (nSPS) is 19.1. The standard InChI is InChI=1S/C21H16Cl2N2O5S/c22-13-5-3-4-12(18(13)23)10-17-20(27)25(21(28)31-17)9-8-24-19(26)16-11-29-14-6-1-2-7-15(14)30-16/h1-7,10,16H,8-9,11H2,(H,24,26)/b17-10-. The van der Waals surface area contributed by atoms with Crippen molar-refractivity contribution in [1.29, 1.82) is 0 Å². The maximum Gasteiger partial charge on any atom is 0.293 e. The van der Waals surface area contributed by atoms with Gasteiger partial charge in [0.05, 0.1) is 15.0 Å². The van der Waals surface area contributed by atoms with Gasteiger partial charge in [-0.1, -0.05) is 47.5 Å². The molecule has 160 valence electrons. The van der Waals surface area contributed by atoms with E-state index in [1.165, 1.54) is 6.08 Å². The molecule has 1 unspecified atom stereocenters. The maximum absolute atomic E-state index is 12.6. The number of ether oxygens (including phenoxy) is 2. The Kier molecular flexibility index (Phi) is 6.41. The van der Waals surface area contributed by atoms with Crippen LogP contribution in [0.3, 0.4) is 0 Å². The van der Waals surface area contributed by atoms with Crippen LogP contribution in [0.1, 0.15) is 5.56 Å². The van der Waals surface area contributed by atoms with Gasteiger partial charge in [-0.05, 0) is 41.6 Å². The lowest BCUT2D eigenvalue weighted by Crippen LogP contribution is -2.46. The summed E-state index contributed by atoms with van der Waals surface area (Å²) >= 11 is 13.0. The number of hydrogen-bond donors (Lipinski definition) is 1. The Morgan fingerprint density at radius 3 is 2.74 bits per heavy atom. The molecule has 2 aromatic carbocycles. The molecule has 0 saturated carbocycles. The van der Waals surface area contributed by atoms with E-state index in [2.05, 4.69) is 5.32 Å². The predicted octanol–water partition coefficient (Wildman–Crippen LogP) is 3.99. The van der Waals surface area contributed by atoms with Gasteiger partial charge in [0.25, 0.3) is 17.1 Å². The summed E-state index contributed by atoms with van der Waals surface area (Å²) in [6, 6.07) is 12.1. The van der Waals surface area contributed by atoms with E-state index in [1.807, 2.05) is 6.07 Å². The number of thioether (sulfide) groups is 1. The molecule has 2 heterocycles. The van der Waals surface area contributed by atoms with E-state index in [-0.39, 0.29) is 30.5 Å². The molecule has 0 aromatic heterocycles. The molecule has 3 amide bonds. The van der Waals surface area contributed by atoms with E-state index in [9.17, 15) is 14.4 Å². The van der Waals surface area contributed by atoms with Crippen molar-refractivity contribution >= 4 is 58.1 Å². The van der Waals surface area contributed by atoms with Crippen molar-refractivity contribution in [2.75, 3.05) is 19.7 Å². The molecule has 31 heavy (non-hydrogen) atoms. The average Bonchev–Trinajstić information content (AvgIpc) is 3.03. The van der Waals surface area contributed by atoms with Gasteiger partial charge < -0.3 is 14.8 Å². The van der Waals surface area contributed by atoms with E-state index in [0.717, 1.165) is 16.7 Å². The molecule has 0 aliphatic carbocycles. The molecule has 1 atom stereocenters. The van der Waals surface area contributed by atoms with Gasteiger partial charge in [0.15, 0.2) is 11.5 Å². The molecule has 0 radical (unpaired) electrons. The number of carbonyl (C=O) groups excluding carboxylic acids is 3. The van der Waals surface area contributed by atoms with Crippen molar-refractivity contribution in [3.8, 4) is 11.5 Å². The summed E-state index contributed by atoms with van der Waals surface area (Å²) < 4.78 is 11.2. The summed E-state index contributed by atoms with van der Waals surface area (Å²) in [6.45, 7) is 0.193. The Labute approximate surface area is 192 Å². The highest BCUT2D eigenvalue weighted by Gasteiger charge is 2.35. The van der Waals surface area contributed by atoms with E-state index in [1.54, 1.807) is 36.4 Å². The fourth-order valence-electron chi connectivity index (χ4n) is 3.02. The summed E-state index contributed by atoms with van der Waals surface area (Å²) in [7, 11) is 0. The Bertz CT molecular complexity index is 1090. The first-order valence-corrected chi connectivity index (χ1v) is 10.9. The number of benzene rings is 2. The lowest BCUT2D eigenvalue weighted by molar-refractivity contribution is -0.131. The minimum Gasteiger partial charge on any atom is -0.485 e. The van der Waals surface area contributed by atoms with E-state index in [4.69, 9.17) is 32.7 Å². The monoisotopic (exact) mass is 478 g/mol. The molecule has 10 heteroatoms. The molecule has 1 saturated heterocycles. The second-order valence-electron chi connectivity index (χ2n) is 6.63. The molecular weight excluding hydrogens is 463 g/mol. The number of amides is 3. The maximum atomic E-state index is 12.6. The SMILES string of the molecule is O=C(NCCN1C(=O)S/C(=C\c2cccc(Cl)c2Cl)C1=O)C1COc2ccccc2O1. The van der Waals surface area contributed by atoms with E-state index >= 15 is 0 Å². The molecule has 1 N–H and O–H groups in total. The lowest BCUT2D eigenvalue weighted by Gasteiger charge is -2.25. The van der Waals surface area contributed by atoms with Crippen LogP contribution in [-0.2, 0) is 9.59 Å². The Morgan fingerprint density at radius 2 is 1.94 bits per heavy atom. The van der Waals surface area contributed by atoms with Crippen LogP contribution in [0.2, 0.25) is 10.0 Å². The Balaban J connectivity index is 1.33. The number of fused-ring (bicyclic) bond motifs is 1. The summed E-state index contributed by atoms with van der Waals surface area (Å²) in [5, 5.41) is 2.91. The fourth-order valence-corrected chi connectivity index (χ4v) is 4.24. The van der Waals surface area contributed by atoms with Crippen molar-refractivity contribution in [1.82, 2.24) is 10.2 Å². The van der Waals surface area contributed by atoms with Crippen LogP contribution in [0.15, 0.2) is 47.4 Å². The van der Waals surface area contributed by atoms with Crippen molar-refractivity contribution in [2.45, 2.75) is 6.10 Å². The van der Waals surface area contributed by atoms with Crippen LogP contribution in [0.4, 0.5) is 4.79 Å². The van der Waals surface area contributed by atoms with Gasteiger partial charge in [0.1, 0.15) is 6.61 Å². The molecule has 2 aromatic rings. The van der Waals surface area contributed by atoms with Crippen LogP contribution >= 0.6 is 35.0 Å². The third kappa shape index (κ3) is 4.66. The van der Waals surface area contributed by atoms with Crippen molar-refractivity contribution in [3.63, 3.8) is 0 Å². The van der Waals surface area contributed by atoms with Crippen LogP contribution in [0.25, 0.3) is 6.08 Å². The highest BCUT2D eigenvalue weighted by Crippen LogP contribution is 2.35. The molecule has 1 fully saturated rings. The van der Waals surface area contributed by atoms with Crippen molar-refractivity contribution in [2.24, 2.45) is 0 Å². The second-order valence-corrected chi connectivity index (χ2v) is 8.41. The number of rotatable bonds is 5.